The quantitative estimate of drug-likeness (QED) is 0.726. The first-order valence-electron chi connectivity index (χ1n) is 7.43. The van der Waals surface area contributed by atoms with Gasteiger partial charge in [0.2, 0.25) is 0 Å². The minimum Gasteiger partial charge on any atom is -0.392 e. The van der Waals surface area contributed by atoms with E-state index in [1.54, 1.807) is 25.4 Å². The summed E-state index contributed by atoms with van der Waals surface area (Å²) in [5, 5.41) is 15.9. The molecule has 0 aliphatic carbocycles. The number of anilines is 1. The fourth-order valence-electron chi connectivity index (χ4n) is 2.38. The summed E-state index contributed by atoms with van der Waals surface area (Å²) in [7, 11) is 1.63. The van der Waals surface area contributed by atoms with Crippen LogP contribution in [0.15, 0.2) is 35.7 Å². The number of hydrogen-bond donors (Lipinski definition) is 2. The topological polar surface area (TPSA) is 67.3 Å². The fraction of sp³-hybridized carbons (Fsp3) is 0.294. The molecule has 0 saturated heterocycles. The second kappa shape index (κ2) is 7.04. The molecule has 3 aromatic rings. The average molecular weight is 329 g/mol. The molecule has 0 amide bonds. The molecule has 2 N–H and O–H groups in total. The summed E-state index contributed by atoms with van der Waals surface area (Å²) in [6, 6.07) is 10.2. The van der Waals surface area contributed by atoms with E-state index in [0.717, 1.165) is 27.2 Å². The van der Waals surface area contributed by atoms with Gasteiger partial charge >= 0.3 is 0 Å². The lowest BCUT2D eigenvalue weighted by molar-refractivity contribution is 0.178. The first kappa shape index (κ1) is 15.9. The molecule has 120 valence electrons. The Morgan fingerprint density at radius 2 is 2.04 bits per heavy atom. The van der Waals surface area contributed by atoms with Gasteiger partial charge in [0, 0.05) is 24.6 Å². The van der Waals surface area contributed by atoms with Crippen molar-refractivity contribution in [1.29, 1.82) is 0 Å². The molecule has 2 aromatic heterocycles. The third-order valence-electron chi connectivity index (χ3n) is 3.40. The van der Waals surface area contributed by atoms with Gasteiger partial charge in [-0.3, -0.25) is 0 Å². The summed E-state index contributed by atoms with van der Waals surface area (Å²) in [6.07, 6.45) is -0.454. The predicted octanol–water partition coefficient (Wildman–Crippen LogP) is 3.30. The highest BCUT2D eigenvalue weighted by Gasteiger charge is 2.15. The molecule has 0 saturated carbocycles. The molecule has 5 nitrogen and oxygen atoms in total. The number of ether oxygens (including phenoxy) is 1. The van der Waals surface area contributed by atoms with Crippen LogP contribution in [0, 0.1) is 0 Å². The second-order valence-corrected chi connectivity index (χ2v) is 6.21. The molecule has 0 aliphatic rings. The minimum absolute atomic E-state index is 0.359. The Hall–Kier alpha value is -2.02. The Labute approximate surface area is 139 Å². The third-order valence-corrected chi connectivity index (χ3v) is 4.28. The zero-order chi connectivity index (χ0) is 16.2. The lowest BCUT2D eigenvalue weighted by Gasteiger charge is -2.11. The molecule has 0 spiro atoms. The highest BCUT2D eigenvalue weighted by molar-refractivity contribution is 7.17. The molecule has 1 aromatic carbocycles. The number of nitrogens with one attached hydrogen (secondary N) is 1. The molecule has 0 unspecified atom stereocenters. The van der Waals surface area contributed by atoms with Gasteiger partial charge in [-0.05, 0) is 12.5 Å². The number of aliphatic hydroxyl groups is 1. The van der Waals surface area contributed by atoms with Crippen molar-refractivity contribution in [2.24, 2.45) is 0 Å². The van der Waals surface area contributed by atoms with Crippen LogP contribution in [0.1, 0.15) is 12.7 Å². The molecular formula is C17H19N3O2S. The van der Waals surface area contributed by atoms with E-state index in [1.165, 1.54) is 0 Å². The number of rotatable bonds is 6. The summed E-state index contributed by atoms with van der Waals surface area (Å²) in [6.45, 7) is 2.54. The summed E-state index contributed by atoms with van der Waals surface area (Å²) in [5.74, 6) is 1.37. The lowest BCUT2D eigenvalue weighted by atomic mass is 10.1. The van der Waals surface area contributed by atoms with Gasteiger partial charge in [0.25, 0.3) is 0 Å². The van der Waals surface area contributed by atoms with Gasteiger partial charge in [-0.25, -0.2) is 9.97 Å². The highest BCUT2D eigenvalue weighted by atomic mass is 32.1. The van der Waals surface area contributed by atoms with Crippen LogP contribution in [0.2, 0.25) is 0 Å². The van der Waals surface area contributed by atoms with Gasteiger partial charge in [-0.1, -0.05) is 30.3 Å². The number of fused-ring (bicyclic) bond motifs is 1. The van der Waals surface area contributed by atoms with Crippen molar-refractivity contribution >= 4 is 27.4 Å². The fourth-order valence-corrected chi connectivity index (χ4v) is 3.35. The monoisotopic (exact) mass is 329 g/mol. The second-order valence-electron chi connectivity index (χ2n) is 5.35. The number of aromatic nitrogens is 2. The van der Waals surface area contributed by atoms with Crippen molar-refractivity contribution in [2.75, 3.05) is 19.0 Å². The van der Waals surface area contributed by atoms with Gasteiger partial charge < -0.3 is 15.2 Å². The molecule has 0 bridgehead atoms. The SMILES string of the molecule is COCc1nc(NC[C@@H](C)O)c2c(-c3ccccc3)csc2n1. The number of thiophene rings is 1. The predicted molar refractivity (Wildman–Crippen MR) is 93.7 cm³/mol. The largest absolute Gasteiger partial charge is 0.392 e. The first-order chi connectivity index (χ1) is 11.2. The van der Waals surface area contributed by atoms with E-state index in [0.29, 0.717) is 19.0 Å². The van der Waals surface area contributed by atoms with Crippen molar-refractivity contribution in [2.45, 2.75) is 19.6 Å². The summed E-state index contributed by atoms with van der Waals surface area (Å²) >= 11 is 1.59. The number of benzene rings is 1. The Morgan fingerprint density at radius 3 is 2.74 bits per heavy atom. The Kier molecular flexibility index (Phi) is 4.85. The van der Waals surface area contributed by atoms with Crippen molar-refractivity contribution in [3.63, 3.8) is 0 Å². The Morgan fingerprint density at radius 1 is 1.26 bits per heavy atom. The zero-order valence-electron chi connectivity index (χ0n) is 13.1. The molecule has 3 rings (SSSR count). The maximum absolute atomic E-state index is 9.57. The van der Waals surface area contributed by atoms with Crippen molar-refractivity contribution in [1.82, 2.24) is 9.97 Å². The van der Waals surface area contributed by atoms with Crippen LogP contribution < -0.4 is 5.32 Å². The molecule has 6 heteroatoms. The summed E-state index contributed by atoms with van der Waals surface area (Å²) in [5.41, 5.74) is 2.23. The molecule has 2 heterocycles. The van der Waals surface area contributed by atoms with Gasteiger partial charge in [-0.15, -0.1) is 11.3 Å². The maximum Gasteiger partial charge on any atom is 0.158 e. The average Bonchev–Trinajstić information content (AvgIpc) is 2.98. The van der Waals surface area contributed by atoms with E-state index in [-0.39, 0.29) is 0 Å². The van der Waals surface area contributed by atoms with Gasteiger partial charge in [0.15, 0.2) is 5.82 Å². The third kappa shape index (κ3) is 3.50. The van der Waals surface area contributed by atoms with Crippen LogP contribution in [0.5, 0.6) is 0 Å². The standard InChI is InChI=1S/C17H19N3O2S/c1-11(21)8-18-16-15-13(12-6-4-3-5-7-12)10-23-17(15)20-14(19-16)9-22-2/h3-7,10-11,21H,8-9H2,1-2H3,(H,18,19,20)/t11-/m1/s1. The van der Waals surface area contributed by atoms with E-state index in [1.807, 2.05) is 18.2 Å². The van der Waals surface area contributed by atoms with E-state index in [9.17, 15) is 5.11 Å². The molecule has 23 heavy (non-hydrogen) atoms. The maximum atomic E-state index is 9.57. The van der Waals surface area contributed by atoms with Crippen LogP contribution in [0.25, 0.3) is 21.3 Å². The number of nitrogens with zero attached hydrogens (tertiary/aromatic N) is 2. The van der Waals surface area contributed by atoms with Crippen LogP contribution in [0.4, 0.5) is 5.82 Å². The number of hydrogen-bond acceptors (Lipinski definition) is 6. The van der Waals surface area contributed by atoms with E-state index in [4.69, 9.17) is 4.74 Å². The molecule has 0 radical (unpaired) electrons. The highest BCUT2D eigenvalue weighted by Crippen LogP contribution is 2.36. The summed E-state index contributed by atoms with van der Waals surface area (Å²) < 4.78 is 5.15. The zero-order valence-corrected chi connectivity index (χ0v) is 13.9. The Bertz CT molecular complexity index is 787. The number of aliphatic hydroxyl groups excluding tert-OH is 1. The lowest BCUT2D eigenvalue weighted by Crippen LogP contribution is -2.17. The molecule has 1 atom stereocenters. The smallest absolute Gasteiger partial charge is 0.158 e. The van der Waals surface area contributed by atoms with Gasteiger partial charge in [-0.2, -0.15) is 0 Å². The van der Waals surface area contributed by atoms with Crippen LogP contribution in [-0.2, 0) is 11.3 Å². The van der Waals surface area contributed by atoms with Crippen molar-refractivity contribution in [3.05, 3.63) is 41.5 Å². The Balaban J connectivity index is 2.12. The van der Waals surface area contributed by atoms with E-state index in [2.05, 4.69) is 32.8 Å². The molecule has 0 fully saturated rings. The molecular weight excluding hydrogens is 310 g/mol. The van der Waals surface area contributed by atoms with Crippen LogP contribution in [0.3, 0.4) is 0 Å². The van der Waals surface area contributed by atoms with Gasteiger partial charge in [0.05, 0.1) is 11.5 Å². The van der Waals surface area contributed by atoms with Crippen molar-refractivity contribution < 1.29 is 9.84 Å². The van der Waals surface area contributed by atoms with Crippen LogP contribution in [-0.4, -0.2) is 34.8 Å². The van der Waals surface area contributed by atoms with E-state index >= 15 is 0 Å². The normalized spacial score (nSPS) is 12.5. The first-order valence-corrected chi connectivity index (χ1v) is 8.31. The minimum atomic E-state index is -0.454. The van der Waals surface area contributed by atoms with Crippen molar-refractivity contribution in [3.8, 4) is 11.1 Å². The van der Waals surface area contributed by atoms with E-state index < -0.39 is 6.10 Å². The summed E-state index contributed by atoms with van der Waals surface area (Å²) in [4.78, 5) is 10.1. The van der Waals surface area contributed by atoms with Crippen LogP contribution >= 0.6 is 11.3 Å². The molecule has 0 aliphatic heterocycles. The van der Waals surface area contributed by atoms with Gasteiger partial charge in [0.1, 0.15) is 17.3 Å². The number of methoxy groups -OCH3 is 1.